The van der Waals surface area contributed by atoms with Crippen molar-refractivity contribution < 1.29 is 14.3 Å². The lowest BCUT2D eigenvalue weighted by Gasteiger charge is -2.28. The molecule has 0 aromatic heterocycles. The smallest absolute Gasteiger partial charge is 0.231 e. The number of carbonyl (C=O) groups excluding carboxylic acids is 1. The molecule has 5 heteroatoms. The second kappa shape index (κ2) is 5.27. The number of fused-ring (bicyclic) bond motifs is 2. The lowest BCUT2D eigenvalue weighted by atomic mass is 9.83. The second-order valence-electron chi connectivity index (χ2n) is 6.06. The highest BCUT2D eigenvalue weighted by Gasteiger charge is 2.30. The number of nitrogens with one attached hydrogen (secondary N) is 1. The molecular formula is C18H16BrNO3. The minimum Gasteiger partial charge on any atom is -0.454 e. The molecule has 4 rings (SSSR count). The summed E-state index contributed by atoms with van der Waals surface area (Å²) < 4.78 is 11.9. The fourth-order valence-electron chi connectivity index (χ4n) is 3.21. The molecule has 1 amide bonds. The molecule has 2 aromatic carbocycles. The summed E-state index contributed by atoms with van der Waals surface area (Å²) in [6.07, 6.45) is 0.424. The molecule has 1 N–H and O–H groups in total. The molecule has 0 radical (unpaired) electrons. The maximum atomic E-state index is 12.2. The van der Waals surface area contributed by atoms with Gasteiger partial charge >= 0.3 is 0 Å². The van der Waals surface area contributed by atoms with Crippen LogP contribution < -0.4 is 14.8 Å². The molecule has 0 aliphatic carbocycles. The summed E-state index contributed by atoms with van der Waals surface area (Å²) >= 11 is 3.62. The fourth-order valence-corrected chi connectivity index (χ4v) is 3.81. The zero-order valence-corrected chi connectivity index (χ0v) is 14.5. The number of anilines is 1. The molecule has 118 valence electrons. The van der Waals surface area contributed by atoms with Crippen LogP contribution in [-0.4, -0.2) is 12.7 Å². The largest absolute Gasteiger partial charge is 0.454 e. The lowest BCUT2D eigenvalue weighted by Crippen LogP contribution is -2.24. The van der Waals surface area contributed by atoms with E-state index in [-0.39, 0.29) is 18.6 Å². The third-order valence-electron chi connectivity index (χ3n) is 4.57. The van der Waals surface area contributed by atoms with Crippen LogP contribution >= 0.6 is 15.9 Å². The van der Waals surface area contributed by atoms with Crippen molar-refractivity contribution in [1.82, 2.24) is 0 Å². The van der Waals surface area contributed by atoms with Crippen LogP contribution in [0.1, 0.15) is 34.6 Å². The first-order valence-corrected chi connectivity index (χ1v) is 8.32. The molecule has 2 aliphatic rings. The van der Waals surface area contributed by atoms with E-state index in [1.54, 1.807) is 0 Å². The molecule has 23 heavy (non-hydrogen) atoms. The Balaban J connectivity index is 1.87. The summed E-state index contributed by atoms with van der Waals surface area (Å²) in [4.78, 5) is 12.2. The van der Waals surface area contributed by atoms with Crippen molar-refractivity contribution in [3.63, 3.8) is 0 Å². The molecule has 2 heterocycles. The van der Waals surface area contributed by atoms with E-state index in [2.05, 4.69) is 47.2 Å². The van der Waals surface area contributed by atoms with Crippen molar-refractivity contribution in [2.45, 2.75) is 26.2 Å². The topological polar surface area (TPSA) is 47.6 Å². The van der Waals surface area contributed by atoms with E-state index in [1.807, 2.05) is 12.1 Å². The third-order valence-corrected chi connectivity index (χ3v) is 5.26. The number of hydrogen-bond donors (Lipinski definition) is 1. The van der Waals surface area contributed by atoms with Crippen LogP contribution in [0.3, 0.4) is 0 Å². The highest BCUT2D eigenvalue weighted by molar-refractivity contribution is 9.10. The zero-order valence-electron chi connectivity index (χ0n) is 12.9. The van der Waals surface area contributed by atoms with E-state index < -0.39 is 0 Å². The van der Waals surface area contributed by atoms with Crippen LogP contribution in [0.5, 0.6) is 11.5 Å². The molecule has 0 fully saturated rings. The number of benzene rings is 2. The summed E-state index contributed by atoms with van der Waals surface area (Å²) in [5, 5.41) is 2.99. The first-order valence-electron chi connectivity index (χ1n) is 7.53. The van der Waals surface area contributed by atoms with Crippen molar-refractivity contribution >= 4 is 27.5 Å². The van der Waals surface area contributed by atoms with E-state index in [9.17, 15) is 4.79 Å². The van der Waals surface area contributed by atoms with Crippen LogP contribution in [-0.2, 0) is 4.79 Å². The summed E-state index contributed by atoms with van der Waals surface area (Å²) in [5.41, 5.74) is 5.50. The number of ether oxygens (including phenoxy) is 2. The van der Waals surface area contributed by atoms with Crippen molar-refractivity contribution in [3.05, 3.63) is 51.0 Å². The SMILES string of the molecule is Cc1cc2c(cc1C)C(c1cc3c(cc1Br)OCO3)CC(=O)N2. The molecule has 0 bridgehead atoms. The van der Waals surface area contributed by atoms with Gasteiger partial charge in [0.25, 0.3) is 0 Å². The second-order valence-corrected chi connectivity index (χ2v) is 6.91. The predicted octanol–water partition coefficient (Wildman–Crippen LogP) is 4.27. The van der Waals surface area contributed by atoms with E-state index in [4.69, 9.17) is 9.47 Å². The summed E-state index contributed by atoms with van der Waals surface area (Å²) in [6, 6.07) is 8.13. The Morgan fingerprint density at radius 3 is 2.52 bits per heavy atom. The lowest BCUT2D eigenvalue weighted by molar-refractivity contribution is -0.116. The Morgan fingerprint density at radius 2 is 1.74 bits per heavy atom. The number of amides is 1. The Labute approximate surface area is 142 Å². The third kappa shape index (κ3) is 2.39. The minimum absolute atomic E-state index is 0.00178. The number of aryl methyl sites for hydroxylation is 2. The molecule has 2 aromatic rings. The summed E-state index contributed by atoms with van der Waals surface area (Å²) in [6.45, 7) is 4.39. The van der Waals surface area contributed by atoms with Gasteiger partial charge in [0, 0.05) is 22.5 Å². The van der Waals surface area contributed by atoms with Gasteiger partial charge in [0.15, 0.2) is 11.5 Å². The quantitative estimate of drug-likeness (QED) is 0.811. The van der Waals surface area contributed by atoms with Crippen LogP contribution in [0, 0.1) is 13.8 Å². The highest BCUT2D eigenvalue weighted by atomic mass is 79.9. The predicted molar refractivity (Wildman–Crippen MR) is 91.3 cm³/mol. The molecule has 1 atom stereocenters. The first-order chi connectivity index (χ1) is 11.0. The average Bonchev–Trinajstić information content (AvgIpc) is 2.94. The molecule has 0 saturated heterocycles. The fraction of sp³-hybridized carbons (Fsp3) is 0.278. The zero-order chi connectivity index (χ0) is 16.1. The van der Waals surface area contributed by atoms with Crippen LogP contribution in [0.4, 0.5) is 5.69 Å². The molecule has 0 spiro atoms. The Hall–Kier alpha value is -2.01. The molecule has 4 nitrogen and oxygen atoms in total. The standard InChI is InChI=1S/C18H16BrNO3/c1-9-3-13-11(6-18(21)20-15(13)4-10(9)2)12-5-16-17(7-14(12)19)23-8-22-16/h3-5,7,11H,6,8H2,1-2H3,(H,20,21). The maximum absolute atomic E-state index is 12.2. The van der Waals surface area contributed by atoms with Gasteiger partial charge in [0.2, 0.25) is 12.7 Å². The van der Waals surface area contributed by atoms with E-state index in [0.717, 1.165) is 32.8 Å². The molecule has 1 unspecified atom stereocenters. The monoisotopic (exact) mass is 373 g/mol. The number of carbonyl (C=O) groups is 1. The van der Waals surface area contributed by atoms with Crippen molar-refractivity contribution in [3.8, 4) is 11.5 Å². The van der Waals surface area contributed by atoms with Gasteiger partial charge in [-0.05, 0) is 54.3 Å². The number of halogens is 1. The van der Waals surface area contributed by atoms with Gasteiger partial charge in [0.05, 0.1) is 0 Å². The van der Waals surface area contributed by atoms with Gasteiger partial charge in [-0.15, -0.1) is 0 Å². The molecule has 2 aliphatic heterocycles. The van der Waals surface area contributed by atoms with Crippen molar-refractivity contribution in [1.29, 1.82) is 0 Å². The van der Waals surface area contributed by atoms with E-state index in [1.165, 1.54) is 11.1 Å². The van der Waals surface area contributed by atoms with Crippen LogP contribution in [0.25, 0.3) is 0 Å². The number of rotatable bonds is 1. The van der Waals surface area contributed by atoms with Crippen LogP contribution in [0.2, 0.25) is 0 Å². The number of hydrogen-bond acceptors (Lipinski definition) is 3. The van der Waals surface area contributed by atoms with Gasteiger partial charge in [-0.1, -0.05) is 22.0 Å². The first kappa shape index (κ1) is 14.6. The van der Waals surface area contributed by atoms with Gasteiger partial charge in [-0.3, -0.25) is 4.79 Å². The minimum atomic E-state index is 0.00178. The maximum Gasteiger partial charge on any atom is 0.231 e. The Kier molecular flexibility index (Phi) is 3.34. The van der Waals surface area contributed by atoms with Crippen molar-refractivity contribution in [2.24, 2.45) is 0 Å². The normalized spacial score (nSPS) is 18.6. The van der Waals surface area contributed by atoms with Crippen molar-refractivity contribution in [2.75, 3.05) is 12.1 Å². The van der Waals surface area contributed by atoms with E-state index >= 15 is 0 Å². The average molecular weight is 374 g/mol. The summed E-state index contributed by atoms with van der Waals surface area (Å²) in [5.74, 6) is 1.51. The van der Waals surface area contributed by atoms with E-state index in [0.29, 0.717) is 6.42 Å². The highest BCUT2D eigenvalue weighted by Crippen LogP contribution is 2.45. The molecule has 0 saturated carbocycles. The van der Waals surface area contributed by atoms with Gasteiger partial charge in [0.1, 0.15) is 0 Å². The Morgan fingerprint density at radius 1 is 1.04 bits per heavy atom. The van der Waals surface area contributed by atoms with Gasteiger partial charge in [-0.2, -0.15) is 0 Å². The Bertz CT molecular complexity index is 832. The summed E-state index contributed by atoms with van der Waals surface area (Å²) in [7, 11) is 0. The molecular weight excluding hydrogens is 358 g/mol. The van der Waals surface area contributed by atoms with Gasteiger partial charge in [-0.25, -0.2) is 0 Å². The van der Waals surface area contributed by atoms with Crippen LogP contribution in [0.15, 0.2) is 28.7 Å². The van der Waals surface area contributed by atoms with Gasteiger partial charge < -0.3 is 14.8 Å².